The first-order chi connectivity index (χ1) is 9.17. The summed E-state index contributed by atoms with van der Waals surface area (Å²) >= 11 is 0. The summed E-state index contributed by atoms with van der Waals surface area (Å²) in [6, 6.07) is -0.264. The smallest absolute Gasteiger partial charge is 0.305 e. The lowest BCUT2D eigenvalue weighted by Gasteiger charge is -2.30. The molecule has 2 N–H and O–H groups in total. The van der Waals surface area contributed by atoms with Crippen LogP contribution in [0.2, 0.25) is 0 Å². The van der Waals surface area contributed by atoms with Crippen molar-refractivity contribution in [2.75, 3.05) is 0 Å². The zero-order valence-corrected chi connectivity index (χ0v) is 13.2. The van der Waals surface area contributed by atoms with Gasteiger partial charge in [0.1, 0.15) is 0 Å². The lowest BCUT2D eigenvalue weighted by molar-refractivity contribution is -0.138. The maximum Gasteiger partial charge on any atom is 0.305 e. The number of rotatable bonds is 5. The number of carbonyl (C=O) groups excluding carboxylic acids is 1. The van der Waals surface area contributed by atoms with Gasteiger partial charge in [0.05, 0.1) is 6.42 Å². The van der Waals surface area contributed by atoms with Crippen molar-refractivity contribution in [3.63, 3.8) is 0 Å². The minimum Gasteiger partial charge on any atom is -0.481 e. The molecule has 0 saturated heterocycles. The molecule has 1 saturated carbocycles. The van der Waals surface area contributed by atoms with Crippen molar-refractivity contribution in [1.29, 1.82) is 0 Å². The molecule has 0 bridgehead atoms. The van der Waals surface area contributed by atoms with Crippen LogP contribution in [0.4, 0.5) is 0 Å². The van der Waals surface area contributed by atoms with E-state index in [2.05, 4.69) is 33.0 Å². The topological polar surface area (TPSA) is 66.4 Å². The molecule has 1 aliphatic carbocycles. The predicted octanol–water partition coefficient (Wildman–Crippen LogP) is 3.21. The van der Waals surface area contributed by atoms with Gasteiger partial charge in [-0.2, -0.15) is 0 Å². The molecule has 0 heterocycles. The molecule has 4 heteroatoms. The molecule has 1 aliphatic rings. The molecule has 0 aromatic heterocycles. The molecular formula is C16H29NO3. The summed E-state index contributed by atoms with van der Waals surface area (Å²) in [6.45, 7) is 8.42. The number of carbonyl (C=O) groups is 2. The van der Waals surface area contributed by atoms with E-state index < -0.39 is 5.97 Å². The standard InChI is InChI=1S/C16H29NO3/c1-11-5-7-12(8-6-11)15(20)17-13(9-14(18)19)10-16(2,3)4/h11-13H,5-10H2,1-4H3,(H,17,20)(H,18,19). The molecule has 0 radical (unpaired) electrons. The van der Waals surface area contributed by atoms with Gasteiger partial charge in [0.25, 0.3) is 0 Å². The Morgan fingerprint density at radius 2 is 1.75 bits per heavy atom. The average molecular weight is 283 g/mol. The van der Waals surface area contributed by atoms with Crippen LogP contribution in [0.5, 0.6) is 0 Å². The SMILES string of the molecule is CC1CCC(C(=O)NC(CC(=O)O)CC(C)(C)C)CC1. The summed E-state index contributed by atoms with van der Waals surface area (Å²) in [7, 11) is 0. The van der Waals surface area contributed by atoms with E-state index in [0.29, 0.717) is 12.3 Å². The molecule has 0 aliphatic heterocycles. The summed E-state index contributed by atoms with van der Waals surface area (Å²) in [6.07, 6.45) is 4.76. The van der Waals surface area contributed by atoms with E-state index in [4.69, 9.17) is 5.11 Å². The van der Waals surface area contributed by atoms with Gasteiger partial charge < -0.3 is 10.4 Å². The molecule has 4 nitrogen and oxygen atoms in total. The number of hydrogen-bond donors (Lipinski definition) is 2. The van der Waals surface area contributed by atoms with Gasteiger partial charge in [-0.3, -0.25) is 9.59 Å². The van der Waals surface area contributed by atoms with Crippen LogP contribution in [0, 0.1) is 17.3 Å². The highest BCUT2D eigenvalue weighted by Gasteiger charge is 2.28. The molecule has 1 amide bonds. The summed E-state index contributed by atoms with van der Waals surface area (Å²) < 4.78 is 0. The Bertz CT molecular complexity index is 338. The molecule has 1 atom stereocenters. The van der Waals surface area contributed by atoms with Gasteiger partial charge in [-0.05, 0) is 43.4 Å². The van der Waals surface area contributed by atoms with Crippen molar-refractivity contribution < 1.29 is 14.7 Å². The number of carboxylic acid groups (broad SMARTS) is 1. The number of carboxylic acids is 1. The molecule has 1 rings (SSSR count). The van der Waals surface area contributed by atoms with Crippen LogP contribution in [0.1, 0.15) is 66.2 Å². The van der Waals surface area contributed by atoms with Crippen molar-refractivity contribution in [2.45, 2.75) is 72.3 Å². The Labute approximate surface area is 122 Å². The minimum absolute atomic E-state index is 0.00608. The van der Waals surface area contributed by atoms with E-state index >= 15 is 0 Å². The summed E-state index contributed by atoms with van der Waals surface area (Å²) in [4.78, 5) is 23.2. The van der Waals surface area contributed by atoms with Crippen molar-refractivity contribution >= 4 is 11.9 Å². The summed E-state index contributed by atoms with van der Waals surface area (Å²) in [5.74, 6) is -0.0184. The fourth-order valence-corrected chi connectivity index (χ4v) is 2.97. The maximum absolute atomic E-state index is 12.3. The van der Waals surface area contributed by atoms with Crippen LogP contribution in [-0.4, -0.2) is 23.0 Å². The van der Waals surface area contributed by atoms with Crippen molar-refractivity contribution in [1.82, 2.24) is 5.32 Å². The monoisotopic (exact) mass is 283 g/mol. The maximum atomic E-state index is 12.3. The van der Waals surface area contributed by atoms with Crippen molar-refractivity contribution in [3.8, 4) is 0 Å². The van der Waals surface area contributed by atoms with Crippen LogP contribution in [0.15, 0.2) is 0 Å². The molecular weight excluding hydrogens is 254 g/mol. The highest BCUT2D eigenvalue weighted by Crippen LogP contribution is 2.29. The number of aliphatic carboxylic acids is 1. The lowest BCUT2D eigenvalue weighted by Crippen LogP contribution is -2.42. The van der Waals surface area contributed by atoms with Crippen LogP contribution >= 0.6 is 0 Å². The van der Waals surface area contributed by atoms with E-state index in [1.165, 1.54) is 0 Å². The number of nitrogens with one attached hydrogen (secondary N) is 1. The van der Waals surface area contributed by atoms with Crippen LogP contribution in [-0.2, 0) is 9.59 Å². The normalized spacial score (nSPS) is 25.0. The second-order valence-corrected chi connectivity index (χ2v) is 7.52. The van der Waals surface area contributed by atoms with Gasteiger partial charge >= 0.3 is 5.97 Å². The van der Waals surface area contributed by atoms with Gasteiger partial charge in [-0.25, -0.2) is 0 Å². The summed E-state index contributed by atoms with van der Waals surface area (Å²) in [5, 5.41) is 12.0. The second kappa shape index (κ2) is 7.09. The Morgan fingerprint density at radius 1 is 1.20 bits per heavy atom. The largest absolute Gasteiger partial charge is 0.481 e. The first-order valence-corrected chi connectivity index (χ1v) is 7.69. The molecule has 20 heavy (non-hydrogen) atoms. The Hall–Kier alpha value is -1.06. The van der Waals surface area contributed by atoms with Crippen LogP contribution < -0.4 is 5.32 Å². The highest BCUT2D eigenvalue weighted by atomic mass is 16.4. The average Bonchev–Trinajstić information content (AvgIpc) is 2.26. The van der Waals surface area contributed by atoms with E-state index in [0.717, 1.165) is 25.7 Å². The Morgan fingerprint density at radius 3 is 2.20 bits per heavy atom. The minimum atomic E-state index is -0.850. The lowest BCUT2D eigenvalue weighted by atomic mass is 9.82. The van der Waals surface area contributed by atoms with Gasteiger partial charge in [0.2, 0.25) is 5.91 Å². The van der Waals surface area contributed by atoms with E-state index in [9.17, 15) is 9.59 Å². The van der Waals surface area contributed by atoms with E-state index in [-0.39, 0.29) is 29.7 Å². The van der Waals surface area contributed by atoms with Gasteiger partial charge in [0, 0.05) is 12.0 Å². The van der Waals surface area contributed by atoms with Gasteiger partial charge in [-0.15, -0.1) is 0 Å². The molecule has 1 fully saturated rings. The molecule has 0 aromatic rings. The third-order valence-corrected chi connectivity index (χ3v) is 4.01. The van der Waals surface area contributed by atoms with Crippen LogP contribution in [0.25, 0.3) is 0 Å². The first-order valence-electron chi connectivity index (χ1n) is 7.69. The first kappa shape index (κ1) is 17.0. The van der Waals surface area contributed by atoms with Gasteiger partial charge in [0.15, 0.2) is 0 Å². The third kappa shape index (κ3) is 6.40. The zero-order valence-electron chi connectivity index (χ0n) is 13.2. The molecule has 1 unspecified atom stereocenters. The fourth-order valence-electron chi connectivity index (χ4n) is 2.97. The quantitative estimate of drug-likeness (QED) is 0.814. The van der Waals surface area contributed by atoms with Crippen molar-refractivity contribution in [2.24, 2.45) is 17.3 Å². The molecule has 0 spiro atoms. The van der Waals surface area contributed by atoms with E-state index in [1.54, 1.807) is 0 Å². The predicted molar refractivity (Wildman–Crippen MR) is 79.4 cm³/mol. The van der Waals surface area contributed by atoms with E-state index in [1.807, 2.05) is 0 Å². The fraction of sp³-hybridized carbons (Fsp3) is 0.875. The molecule has 116 valence electrons. The van der Waals surface area contributed by atoms with Crippen LogP contribution in [0.3, 0.4) is 0 Å². The number of amides is 1. The van der Waals surface area contributed by atoms with Gasteiger partial charge in [-0.1, -0.05) is 27.7 Å². The zero-order chi connectivity index (χ0) is 15.3. The van der Waals surface area contributed by atoms with Crippen molar-refractivity contribution in [3.05, 3.63) is 0 Å². The number of hydrogen-bond acceptors (Lipinski definition) is 2. The molecule has 0 aromatic carbocycles. The second-order valence-electron chi connectivity index (χ2n) is 7.52. The third-order valence-electron chi connectivity index (χ3n) is 4.01. The summed E-state index contributed by atoms with van der Waals surface area (Å²) in [5.41, 5.74) is 0.00841. The Balaban J connectivity index is 2.55. The highest BCUT2D eigenvalue weighted by molar-refractivity contribution is 5.79. The Kier molecular flexibility index (Phi) is 6.03.